The molecule has 0 saturated carbocycles. The molecule has 0 amide bonds. The number of aromatic nitrogens is 1. The molecule has 0 unspecified atom stereocenters. The van der Waals surface area contributed by atoms with E-state index in [1.807, 2.05) is 6.92 Å². The van der Waals surface area contributed by atoms with E-state index in [1.165, 1.54) is 11.1 Å². The van der Waals surface area contributed by atoms with Crippen molar-refractivity contribution in [3.63, 3.8) is 0 Å². The summed E-state index contributed by atoms with van der Waals surface area (Å²) >= 11 is 0. The zero-order chi connectivity index (χ0) is 17.1. The Labute approximate surface area is 144 Å². The summed E-state index contributed by atoms with van der Waals surface area (Å²) in [6, 6.07) is 6.66. The molecule has 0 atom stereocenters. The Balaban J connectivity index is 1.96. The summed E-state index contributed by atoms with van der Waals surface area (Å²) in [7, 11) is 0. The first-order valence-electron chi connectivity index (χ1n) is 8.76. The van der Waals surface area contributed by atoms with Gasteiger partial charge in [0.05, 0.1) is 16.8 Å². The predicted octanol–water partition coefficient (Wildman–Crippen LogP) is 3.98. The van der Waals surface area contributed by atoms with Crippen LogP contribution < -0.4 is 4.90 Å². The van der Waals surface area contributed by atoms with Crippen molar-refractivity contribution in [3.05, 3.63) is 35.0 Å². The fourth-order valence-corrected chi connectivity index (χ4v) is 3.68. The highest BCUT2D eigenvalue weighted by Gasteiger charge is 2.23. The van der Waals surface area contributed by atoms with Crippen molar-refractivity contribution >= 4 is 16.6 Å². The van der Waals surface area contributed by atoms with Gasteiger partial charge in [-0.1, -0.05) is 11.6 Å². The fourth-order valence-electron chi connectivity index (χ4n) is 3.68. The van der Waals surface area contributed by atoms with Crippen LogP contribution in [0.4, 0.5) is 5.69 Å². The van der Waals surface area contributed by atoms with Crippen LogP contribution in [-0.4, -0.2) is 31.3 Å². The minimum Gasteiger partial charge on any atom is -0.381 e. The van der Waals surface area contributed by atoms with Crippen molar-refractivity contribution < 1.29 is 4.74 Å². The molecule has 0 N–H and O–H groups in total. The van der Waals surface area contributed by atoms with E-state index in [0.717, 1.165) is 55.7 Å². The van der Waals surface area contributed by atoms with Gasteiger partial charge in [-0.05, 0) is 51.2 Å². The predicted molar refractivity (Wildman–Crippen MR) is 97.4 cm³/mol. The molecule has 2 heterocycles. The highest BCUT2D eigenvalue weighted by atomic mass is 16.5. The lowest BCUT2D eigenvalue weighted by Crippen LogP contribution is -2.35. The molecular weight excluding hydrogens is 298 g/mol. The topological polar surface area (TPSA) is 49.1 Å². The third kappa shape index (κ3) is 3.22. The molecule has 2 aromatic rings. The third-order valence-electron chi connectivity index (χ3n) is 4.89. The van der Waals surface area contributed by atoms with Crippen molar-refractivity contribution in [1.82, 2.24) is 4.98 Å². The fraction of sp³-hybridized carbons (Fsp3) is 0.500. The van der Waals surface area contributed by atoms with Crippen LogP contribution in [0.3, 0.4) is 0 Å². The van der Waals surface area contributed by atoms with Gasteiger partial charge in [0.15, 0.2) is 0 Å². The van der Waals surface area contributed by atoms with Crippen molar-refractivity contribution in [3.8, 4) is 6.07 Å². The molecule has 0 bridgehead atoms. The second kappa shape index (κ2) is 7.19. The number of benzene rings is 1. The summed E-state index contributed by atoms with van der Waals surface area (Å²) in [6.45, 7) is 9.81. The summed E-state index contributed by atoms with van der Waals surface area (Å²) < 4.78 is 5.58. The monoisotopic (exact) mass is 323 g/mol. The van der Waals surface area contributed by atoms with Crippen LogP contribution in [0.15, 0.2) is 18.3 Å². The van der Waals surface area contributed by atoms with Gasteiger partial charge in [-0.25, -0.2) is 0 Å². The highest BCUT2D eigenvalue weighted by molar-refractivity contribution is 5.96. The molecule has 1 aromatic heterocycles. The number of anilines is 1. The Morgan fingerprint density at radius 1 is 1.29 bits per heavy atom. The maximum Gasteiger partial charge on any atom is 0.103 e. The Kier molecular flexibility index (Phi) is 5.01. The molecule has 0 spiro atoms. The number of rotatable bonds is 4. The van der Waals surface area contributed by atoms with Gasteiger partial charge >= 0.3 is 0 Å². The number of piperidine rings is 1. The summed E-state index contributed by atoms with van der Waals surface area (Å²) in [5.41, 5.74) is 5.12. The van der Waals surface area contributed by atoms with Crippen LogP contribution in [0.1, 0.15) is 36.5 Å². The lowest BCUT2D eigenvalue weighted by Gasteiger charge is -2.34. The molecule has 4 heteroatoms. The second-order valence-corrected chi connectivity index (χ2v) is 6.70. The van der Waals surface area contributed by atoms with E-state index < -0.39 is 0 Å². The average molecular weight is 323 g/mol. The number of nitriles is 1. The SMILES string of the molecule is CCOCC1CCN(c2c(C#N)cnc3c(C)cc(C)cc23)CC1. The molecule has 1 fully saturated rings. The zero-order valence-electron chi connectivity index (χ0n) is 14.8. The molecule has 0 radical (unpaired) electrons. The van der Waals surface area contributed by atoms with Gasteiger partial charge in [-0.3, -0.25) is 4.98 Å². The molecule has 4 nitrogen and oxygen atoms in total. The smallest absolute Gasteiger partial charge is 0.103 e. The van der Waals surface area contributed by atoms with Crippen LogP contribution in [0.2, 0.25) is 0 Å². The first-order chi connectivity index (χ1) is 11.6. The molecule has 1 saturated heterocycles. The van der Waals surface area contributed by atoms with E-state index >= 15 is 0 Å². The Hall–Kier alpha value is -2.12. The van der Waals surface area contributed by atoms with E-state index in [-0.39, 0.29) is 0 Å². The van der Waals surface area contributed by atoms with Gasteiger partial charge in [-0.15, -0.1) is 0 Å². The molecule has 3 rings (SSSR count). The van der Waals surface area contributed by atoms with Crippen LogP contribution in [0.25, 0.3) is 10.9 Å². The van der Waals surface area contributed by atoms with Gasteiger partial charge in [-0.2, -0.15) is 5.26 Å². The number of hydrogen-bond donors (Lipinski definition) is 0. The molecule has 24 heavy (non-hydrogen) atoms. The number of ether oxygens (including phenoxy) is 1. The normalized spacial score (nSPS) is 15.7. The van der Waals surface area contributed by atoms with Gasteiger partial charge in [0.1, 0.15) is 6.07 Å². The first kappa shape index (κ1) is 16.7. The van der Waals surface area contributed by atoms with Crippen molar-refractivity contribution in [2.75, 3.05) is 31.2 Å². The second-order valence-electron chi connectivity index (χ2n) is 6.70. The van der Waals surface area contributed by atoms with Gasteiger partial charge in [0.25, 0.3) is 0 Å². The van der Waals surface area contributed by atoms with Gasteiger partial charge in [0.2, 0.25) is 0 Å². The first-order valence-corrected chi connectivity index (χ1v) is 8.76. The van der Waals surface area contributed by atoms with Crippen LogP contribution >= 0.6 is 0 Å². The molecule has 1 aliphatic heterocycles. The Morgan fingerprint density at radius 2 is 2.04 bits per heavy atom. The van der Waals surface area contributed by atoms with E-state index in [2.05, 4.69) is 41.9 Å². The molecule has 126 valence electrons. The quantitative estimate of drug-likeness (QED) is 0.854. The van der Waals surface area contributed by atoms with E-state index in [9.17, 15) is 5.26 Å². The highest BCUT2D eigenvalue weighted by Crippen LogP contribution is 2.34. The number of nitrogens with zero attached hydrogens (tertiary/aromatic N) is 3. The number of pyridine rings is 1. The standard InChI is InChI=1S/C20H25N3O/c1-4-24-13-16-5-7-23(8-6-16)20-17(11-21)12-22-19-15(3)9-14(2)10-18(19)20/h9-10,12,16H,4-8,13H2,1-3H3. The summed E-state index contributed by atoms with van der Waals surface area (Å²) in [6.07, 6.45) is 3.95. The van der Waals surface area contributed by atoms with E-state index in [0.29, 0.717) is 11.5 Å². The molecule has 0 aliphatic carbocycles. The van der Waals surface area contributed by atoms with Crippen molar-refractivity contribution in [2.45, 2.75) is 33.6 Å². The minimum atomic E-state index is 0.628. The number of fused-ring (bicyclic) bond motifs is 1. The molecule has 1 aromatic carbocycles. The zero-order valence-corrected chi connectivity index (χ0v) is 14.8. The third-order valence-corrected chi connectivity index (χ3v) is 4.89. The lowest BCUT2D eigenvalue weighted by atomic mass is 9.95. The van der Waals surface area contributed by atoms with Gasteiger partial charge in [0, 0.05) is 37.9 Å². The van der Waals surface area contributed by atoms with E-state index in [1.54, 1.807) is 6.20 Å². The van der Waals surface area contributed by atoms with Crippen LogP contribution in [0, 0.1) is 31.1 Å². The van der Waals surface area contributed by atoms with Crippen molar-refractivity contribution in [1.29, 1.82) is 5.26 Å². The maximum absolute atomic E-state index is 9.58. The summed E-state index contributed by atoms with van der Waals surface area (Å²) in [5, 5.41) is 10.7. The maximum atomic E-state index is 9.58. The average Bonchev–Trinajstić information content (AvgIpc) is 2.59. The largest absolute Gasteiger partial charge is 0.381 e. The molecular formula is C20H25N3O. The summed E-state index contributed by atoms with van der Waals surface area (Å²) in [4.78, 5) is 6.90. The Morgan fingerprint density at radius 3 is 2.71 bits per heavy atom. The van der Waals surface area contributed by atoms with Crippen LogP contribution in [0.5, 0.6) is 0 Å². The van der Waals surface area contributed by atoms with Gasteiger partial charge < -0.3 is 9.64 Å². The Bertz CT molecular complexity index is 771. The van der Waals surface area contributed by atoms with Crippen molar-refractivity contribution in [2.24, 2.45) is 5.92 Å². The molecule has 1 aliphatic rings. The minimum absolute atomic E-state index is 0.628. The van der Waals surface area contributed by atoms with Crippen LogP contribution in [-0.2, 0) is 4.74 Å². The number of hydrogen-bond acceptors (Lipinski definition) is 4. The van der Waals surface area contributed by atoms with E-state index in [4.69, 9.17) is 4.74 Å². The summed E-state index contributed by atoms with van der Waals surface area (Å²) in [5.74, 6) is 0.628. The lowest BCUT2D eigenvalue weighted by molar-refractivity contribution is 0.100. The number of aryl methyl sites for hydroxylation is 2.